The van der Waals surface area contributed by atoms with Gasteiger partial charge in [0.1, 0.15) is 11.2 Å². The number of piperidine rings is 3. The molecule has 0 saturated carbocycles. The van der Waals surface area contributed by atoms with Crippen LogP contribution in [0, 0.1) is 27.8 Å². The molecule has 54 heteroatoms. The topological polar surface area (TPSA) is 560 Å². The van der Waals surface area contributed by atoms with Gasteiger partial charge in [-0.15, -0.1) is 6.20 Å². The number of nitrogens with two attached hydrogens (primary N) is 2. The number of nitrogens with zero attached hydrogens (tertiary/aromatic N) is 33. The SMILES string of the molecule is Brc1ccnc2cnccc12.C[C@@H]1OCC2(CCN(c3nc[c-]c4nccn34)CC2)[C@@H]1NC(=O)OC(C)(C)C.C[C@@H]1OCC2(CCN(c3ncc(Sc4ccnc5cnccc45)c4nccn34)CC2)[C@@H]1N.C[C@@H]1OCC2(CCN(c3ncc(Sc4ccnc5cnccc45)c4nccn34)CC2)[C@@H]1NC(=O)OC(C)(C)C.N=N/N=N/N=N/N=N/N=N/N=N/N=N/N=N/N.O=CC(F)(F)F.[Na+].[SH-]. The summed E-state index contributed by atoms with van der Waals surface area (Å²) < 4.78 is 67.3. The molecule has 0 radical (unpaired) electrons. The van der Waals surface area contributed by atoms with Gasteiger partial charge in [0.15, 0.2) is 11.3 Å². The molecular formula is C81H96BrF3N38NaO8S3-. The van der Waals surface area contributed by atoms with Crippen LogP contribution in [0.2, 0.25) is 0 Å². The zero-order valence-electron chi connectivity index (χ0n) is 75.0. The van der Waals surface area contributed by atoms with Gasteiger partial charge in [-0.25, -0.2) is 29.5 Å². The molecule has 6 fully saturated rings. The van der Waals surface area contributed by atoms with Crippen molar-refractivity contribution in [1.82, 2.24) is 83.6 Å². The van der Waals surface area contributed by atoms with Crippen LogP contribution in [-0.2, 0) is 42.0 Å². The van der Waals surface area contributed by atoms with E-state index in [1.807, 2.05) is 146 Å². The number of pyridine rings is 6. The number of carbonyl (C=O) groups is 3. The predicted molar refractivity (Wildman–Crippen MR) is 489 cm³/mol. The number of anilines is 3. The summed E-state index contributed by atoms with van der Waals surface area (Å²) in [5.74, 6) is 7.26. The Hall–Kier alpha value is -12.1. The summed E-state index contributed by atoms with van der Waals surface area (Å²) in [6.45, 7) is 24.5. The quantitative estimate of drug-likeness (QED) is 0.00876. The summed E-state index contributed by atoms with van der Waals surface area (Å²) in [4.78, 5) is 98.0. The number of aldehydes is 1. The van der Waals surface area contributed by atoms with E-state index in [1.54, 1.807) is 85.5 Å². The second-order valence-electron chi connectivity index (χ2n) is 33.1. The summed E-state index contributed by atoms with van der Waals surface area (Å²) in [6.07, 6.45) is 32.0. The van der Waals surface area contributed by atoms with Crippen molar-refractivity contribution in [1.29, 1.82) is 5.53 Å². The van der Waals surface area contributed by atoms with E-state index >= 15 is 0 Å². The molecule has 7 N–H and O–H groups in total. The number of halogens is 4. The molecule has 135 heavy (non-hydrogen) atoms. The Kier molecular flexibility index (Phi) is 36.3. The van der Waals surface area contributed by atoms with Crippen LogP contribution in [0.4, 0.5) is 40.6 Å². The first-order valence-corrected chi connectivity index (χ1v) is 44.1. The van der Waals surface area contributed by atoms with Crippen LogP contribution in [-0.4, -0.2) is 204 Å². The molecule has 46 nitrogen and oxygen atoms in total. The first-order valence-electron chi connectivity index (χ1n) is 41.7. The van der Waals surface area contributed by atoms with Gasteiger partial charge in [-0.1, -0.05) is 44.7 Å². The monoisotopic (exact) mass is 1980 g/mol. The summed E-state index contributed by atoms with van der Waals surface area (Å²) in [7, 11) is 0. The van der Waals surface area contributed by atoms with Gasteiger partial charge in [0, 0.05) is 179 Å². The van der Waals surface area contributed by atoms with Crippen molar-refractivity contribution in [3.05, 3.63) is 158 Å². The summed E-state index contributed by atoms with van der Waals surface area (Å²) in [5, 5.41) is 52.7. The van der Waals surface area contributed by atoms with Gasteiger partial charge in [-0.3, -0.25) is 53.5 Å². The number of nitrogens with one attached hydrogen (secondary N) is 3. The van der Waals surface area contributed by atoms with Crippen molar-refractivity contribution >= 4 is 139 Å². The van der Waals surface area contributed by atoms with Crippen LogP contribution < -0.4 is 66.5 Å². The number of alkyl halides is 3. The molecule has 12 aromatic heterocycles. The Morgan fingerprint density at radius 2 is 0.874 bits per heavy atom. The van der Waals surface area contributed by atoms with Crippen LogP contribution in [0.25, 0.3) is 49.7 Å². The normalized spacial score (nSPS) is 19.7. The standard InChI is InChI=1S/C28H33N7O3S.C23H25N7OS.C20H28N5O3.C8H5BrN2.C2HF3O.H3N17.Na.H2S/c1-18-23(33-26(36)38-27(2,3)4)28(17-37-18)7-12-34(13-8-28)25-32-16-22(24-31-11-14-35(24)25)39-21-6-10-30-20-15-29-9-5-19(20)21;1-15-20(24)23(14-31-15)4-9-29(10-5-23)22-28-13-19(21-27-8-11-30(21)22)32-18-3-7-26-17-12-25-6-2-16(17)18;1-14-16(23-18(26)28-19(2,3)4)20(13-27-14)6-10-24(11-7-20)17-22-8-5-15-21-9-12-25(15)17;9-7-2-4-11-8-5-10-3-1-6(7)8;3-2(4,5)1-6;1-3-5-7-9-11-13-15-17-16-14-12-10-8-6-4-2;;/h5-6,9-11,14-16,18,23H,7-8,12-13,17H2,1-4H3,(H,33,36);2-3,6-8,11-13,15,20H,4-5,9-10,14,24H2,1H3;8-9,12,14,16H,6-7,10-11,13H2,1-4H3,(H,23,26);1-5H;1H;(H3,1,2,5,6,9,10,13,14,17);;1H2/q;;-1;;;;+1;/p-1/t18-,23+;15-,20+;14-,16+;;;;;/m000...../s1. The number of amides is 2. The van der Waals surface area contributed by atoms with E-state index in [0.29, 0.717) is 13.2 Å². The van der Waals surface area contributed by atoms with Gasteiger partial charge in [0.05, 0.1) is 95.1 Å². The Bertz CT molecular complexity index is 6210. The third kappa shape index (κ3) is 26.8. The Balaban J connectivity index is 0.000000167. The first kappa shape index (κ1) is 103. The van der Waals surface area contributed by atoms with Crippen molar-refractivity contribution in [3.63, 3.8) is 0 Å². The van der Waals surface area contributed by atoms with Crippen molar-refractivity contribution in [3.8, 4) is 0 Å². The van der Waals surface area contributed by atoms with Gasteiger partial charge >= 0.3 is 47.9 Å². The molecule has 6 atom stereocenters. The van der Waals surface area contributed by atoms with Crippen LogP contribution in [0.3, 0.4) is 0 Å². The number of carbonyl (C=O) groups excluding carboxylic acids is 3. The van der Waals surface area contributed by atoms with Crippen molar-refractivity contribution in [2.24, 2.45) is 106 Å². The van der Waals surface area contributed by atoms with Crippen molar-refractivity contribution in [2.75, 3.05) is 73.8 Å². The van der Waals surface area contributed by atoms with Gasteiger partial charge in [0.2, 0.25) is 24.1 Å². The van der Waals surface area contributed by atoms with Crippen LogP contribution >= 0.6 is 39.5 Å². The van der Waals surface area contributed by atoms with Crippen molar-refractivity contribution in [2.45, 2.75) is 174 Å². The second kappa shape index (κ2) is 47.4. The van der Waals surface area contributed by atoms with Crippen LogP contribution in [0.1, 0.15) is 101 Å². The molecule has 706 valence electrons. The van der Waals surface area contributed by atoms with E-state index in [2.05, 4.69) is 197 Å². The van der Waals surface area contributed by atoms with E-state index in [-0.39, 0.29) is 108 Å². The molecule has 6 aliphatic rings. The number of thiol groups is 1. The molecule has 6 aliphatic heterocycles. The third-order valence-corrected chi connectivity index (χ3v) is 25.3. The predicted octanol–water partition coefficient (Wildman–Crippen LogP) is 12.6. The van der Waals surface area contributed by atoms with Gasteiger partial charge in [0.25, 0.3) is 0 Å². The number of ether oxygens (including phenoxy) is 5. The average Bonchev–Trinajstić information content (AvgIpc) is 1.62. The fourth-order valence-corrected chi connectivity index (χ4v) is 18.6. The van der Waals surface area contributed by atoms with E-state index in [0.717, 1.165) is 176 Å². The molecule has 0 aromatic carbocycles. The average molecular weight is 1990 g/mol. The maximum absolute atomic E-state index is 12.6. The zero-order valence-corrected chi connectivity index (χ0v) is 81.1. The maximum Gasteiger partial charge on any atom is 1.00 e. The molecule has 0 unspecified atom stereocenters. The Morgan fingerprint density at radius 3 is 1.27 bits per heavy atom. The summed E-state index contributed by atoms with van der Waals surface area (Å²) in [5.41, 5.74) is 16.7. The van der Waals surface area contributed by atoms with Gasteiger partial charge in [-0.2, -0.15) is 18.7 Å². The third-order valence-electron chi connectivity index (χ3n) is 22.5. The number of hydrogen-bond acceptors (Lipinski definition) is 29. The minimum absolute atomic E-state index is 0. The van der Waals surface area contributed by atoms with Crippen LogP contribution in [0.15, 0.2) is 250 Å². The number of aromatic nitrogens is 15. The molecule has 6 saturated heterocycles. The summed E-state index contributed by atoms with van der Waals surface area (Å²) >= 11 is 6.72. The number of rotatable bonds is 16. The summed E-state index contributed by atoms with van der Waals surface area (Å²) in [6, 6.07) is 14.9. The van der Waals surface area contributed by atoms with Crippen molar-refractivity contribution < 1.29 is 80.8 Å². The Morgan fingerprint density at radius 1 is 0.504 bits per heavy atom. The number of alkyl carbamates (subject to hydrolysis) is 2. The molecule has 3 spiro atoms. The minimum atomic E-state index is -4.64. The van der Waals surface area contributed by atoms with Gasteiger partial charge < -0.3 is 84.6 Å². The fourth-order valence-electron chi connectivity index (χ4n) is 16.2. The minimum Gasteiger partial charge on any atom is -0.813 e. The molecule has 18 heterocycles. The van der Waals surface area contributed by atoms with E-state index < -0.39 is 23.7 Å². The molecular weight excluding hydrogens is 1890 g/mol. The van der Waals surface area contributed by atoms with E-state index in [4.69, 9.17) is 49.7 Å². The van der Waals surface area contributed by atoms with Crippen LogP contribution in [0.5, 0.6) is 0 Å². The second-order valence-corrected chi connectivity index (χ2v) is 36.1. The smallest absolute Gasteiger partial charge is 0.813 e. The number of hydrogen-bond donors (Lipinski definition) is 5. The first-order chi connectivity index (χ1) is 64.0. The van der Waals surface area contributed by atoms with E-state index in [1.165, 1.54) is 0 Å². The molecule has 0 aliphatic carbocycles. The number of imidazole rings is 3. The van der Waals surface area contributed by atoms with Gasteiger partial charge in [-0.05, 0) is 216 Å². The maximum atomic E-state index is 12.6. The molecule has 18 rings (SSSR count). The Labute approximate surface area is 815 Å². The largest absolute Gasteiger partial charge is 1.00 e. The molecule has 2 amide bonds. The zero-order chi connectivity index (χ0) is 94.3. The molecule has 12 aromatic rings. The van der Waals surface area contributed by atoms with E-state index in [9.17, 15) is 22.8 Å². The number of fused-ring (bicyclic) bond motifs is 6. The molecule has 0 bridgehead atoms. The fraction of sp³-hybridized carbons (Fsp3) is 0.444.